The van der Waals surface area contributed by atoms with Gasteiger partial charge in [-0.15, -0.1) is 0 Å². The third kappa shape index (κ3) is 2.81. The van der Waals surface area contributed by atoms with Gasteiger partial charge in [0, 0.05) is 4.47 Å². The Labute approximate surface area is 116 Å². The Morgan fingerprint density at radius 3 is 3.00 bits per heavy atom. The normalized spacial score (nSPS) is 10.8. The Bertz CT molecular complexity index is 632. The lowest BCUT2D eigenvalue weighted by Gasteiger charge is -2.04. The molecule has 18 heavy (non-hydrogen) atoms. The van der Waals surface area contributed by atoms with Gasteiger partial charge in [-0.1, -0.05) is 34.2 Å². The van der Waals surface area contributed by atoms with Crippen molar-refractivity contribution in [3.63, 3.8) is 0 Å². The summed E-state index contributed by atoms with van der Waals surface area (Å²) in [5, 5.41) is 0. The SMILES string of the molecule is CCCOC(=O)Cn1c(=O)sc2cc(Br)ccc21. The minimum Gasteiger partial charge on any atom is -0.464 e. The molecule has 6 heteroatoms. The molecule has 0 aliphatic carbocycles. The van der Waals surface area contributed by atoms with Crippen molar-refractivity contribution >= 4 is 43.5 Å². The van der Waals surface area contributed by atoms with Gasteiger partial charge in [0.2, 0.25) is 0 Å². The van der Waals surface area contributed by atoms with Crippen LogP contribution in [0.1, 0.15) is 13.3 Å². The van der Waals surface area contributed by atoms with Crippen molar-refractivity contribution in [2.45, 2.75) is 19.9 Å². The molecule has 0 saturated carbocycles. The first-order valence-corrected chi connectivity index (χ1v) is 7.17. The number of rotatable bonds is 4. The molecule has 1 aromatic carbocycles. The summed E-state index contributed by atoms with van der Waals surface area (Å²) in [7, 11) is 0. The quantitative estimate of drug-likeness (QED) is 0.810. The van der Waals surface area contributed by atoms with Crippen molar-refractivity contribution in [1.29, 1.82) is 0 Å². The highest BCUT2D eigenvalue weighted by atomic mass is 79.9. The van der Waals surface area contributed by atoms with Crippen LogP contribution in [0, 0.1) is 0 Å². The lowest BCUT2D eigenvalue weighted by Crippen LogP contribution is -2.21. The number of thiazole rings is 1. The molecule has 96 valence electrons. The molecule has 0 saturated heterocycles. The molecule has 0 fully saturated rings. The van der Waals surface area contributed by atoms with E-state index in [1.807, 2.05) is 25.1 Å². The summed E-state index contributed by atoms with van der Waals surface area (Å²) in [4.78, 5) is 23.2. The smallest absolute Gasteiger partial charge is 0.326 e. The first-order valence-electron chi connectivity index (χ1n) is 5.56. The molecular formula is C12H12BrNO3S. The number of fused-ring (bicyclic) bond motifs is 1. The van der Waals surface area contributed by atoms with E-state index >= 15 is 0 Å². The second kappa shape index (κ2) is 5.67. The molecule has 1 heterocycles. The molecule has 0 aliphatic heterocycles. The number of aromatic nitrogens is 1. The zero-order valence-electron chi connectivity index (χ0n) is 9.81. The maximum Gasteiger partial charge on any atom is 0.326 e. The number of esters is 1. The van der Waals surface area contributed by atoms with Gasteiger partial charge in [0.1, 0.15) is 6.54 Å². The van der Waals surface area contributed by atoms with E-state index in [-0.39, 0.29) is 17.4 Å². The summed E-state index contributed by atoms with van der Waals surface area (Å²) in [5.41, 5.74) is 0.765. The fourth-order valence-corrected chi connectivity index (χ4v) is 3.02. The Morgan fingerprint density at radius 1 is 1.50 bits per heavy atom. The van der Waals surface area contributed by atoms with E-state index in [4.69, 9.17) is 4.74 Å². The number of hydrogen-bond donors (Lipinski definition) is 0. The van der Waals surface area contributed by atoms with E-state index in [1.54, 1.807) is 0 Å². The predicted octanol–water partition coefficient (Wildman–Crippen LogP) is 2.78. The van der Waals surface area contributed by atoms with Crippen molar-refractivity contribution < 1.29 is 9.53 Å². The number of halogens is 1. The Morgan fingerprint density at radius 2 is 2.28 bits per heavy atom. The molecule has 0 radical (unpaired) electrons. The maximum absolute atomic E-state index is 11.8. The topological polar surface area (TPSA) is 48.3 Å². The Balaban J connectivity index is 2.30. The lowest BCUT2D eigenvalue weighted by molar-refractivity contribution is -0.144. The van der Waals surface area contributed by atoms with Gasteiger partial charge >= 0.3 is 10.8 Å². The average Bonchev–Trinajstić information content (AvgIpc) is 2.62. The van der Waals surface area contributed by atoms with E-state index in [2.05, 4.69) is 15.9 Å². The Hall–Kier alpha value is -1.14. The van der Waals surface area contributed by atoms with Crippen LogP contribution in [0.15, 0.2) is 27.5 Å². The van der Waals surface area contributed by atoms with Gasteiger partial charge in [0.25, 0.3) is 0 Å². The molecule has 0 aliphatic rings. The van der Waals surface area contributed by atoms with Crippen LogP contribution in [0.3, 0.4) is 0 Å². The van der Waals surface area contributed by atoms with Crippen molar-refractivity contribution in [3.05, 3.63) is 32.3 Å². The molecule has 4 nitrogen and oxygen atoms in total. The number of carbonyl (C=O) groups is 1. The first-order chi connectivity index (χ1) is 8.61. The van der Waals surface area contributed by atoms with E-state index in [0.717, 1.165) is 32.4 Å². The maximum atomic E-state index is 11.8. The van der Waals surface area contributed by atoms with Gasteiger partial charge in [-0.25, -0.2) is 0 Å². The number of hydrogen-bond acceptors (Lipinski definition) is 4. The highest BCUT2D eigenvalue weighted by Gasteiger charge is 2.12. The number of ether oxygens (including phenoxy) is 1. The average molecular weight is 330 g/mol. The fourth-order valence-electron chi connectivity index (χ4n) is 1.58. The number of carbonyl (C=O) groups excluding carboxylic acids is 1. The van der Waals surface area contributed by atoms with Gasteiger partial charge in [0.05, 0.1) is 16.8 Å². The first kappa shape index (κ1) is 13.3. The highest BCUT2D eigenvalue weighted by Crippen LogP contribution is 2.22. The molecule has 0 unspecified atom stereocenters. The van der Waals surface area contributed by atoms with Crippen molar-refractivity contribution in [2.24, 2.45) is 0 Å². The minimum atomic E-state index is -0.374. The van der Waals surface area contributed by atoms with Gasteiger partial charge in [-0.3, -0.25) is 14.2 Å². The number of nitrogens with zero attached hydrogens (tertiary/aromatic N) is 1. The summed E-state index contributed by atoms with van der Waals surface area (Å²) < 4.78 is 8.21. The summed E-state index contributed by atoms with van der Waals surface area (Å²) in [6.07, 6.45) is 0.776. The van der Waals surface area contributed by atoms with Crippen LogP contribution in [0.2, 0.25) is 0 Å². The Kier molecular flexibility index (Phi) is 4.19. The molecule has 0 N–H and O–H groups in total. The van der Waals surface area contributed by atoms with Crippen LogP contribution in [0.4, 0.5) is 0 Å². The second-order valence-electron chi connectivity index (χ2n) is 3.79. The summed E-state index contributed by atoms with van der Waals surface area (Å²) >= 11 is 4.48. The van der Waals surface area contributed by atoms with Crippen LogP contribution < -0.4 is 4.87 Å². The third-order valence-corrected chi connectivity index (χ3v) is 3.82. The van der Waals surface area contributed by atoms with Crippen LogP contribution in [-0.2, 0) is 16.1 Å². The fraction of sp³-hybridized carbons (Fsp3) is 0.333. The molecule has 1 aromatic heterocycles. The zero-order valence-corrected chi connectivity index (χ0v) is 12.2. The predicted molar refractivity (Wildman–Crippen MR) is 75.0 cm³/mol. The molecule has 0 bridgehead atoms. The van der Waals surface area contributed by atoms with Gasteiger partial charge in [0.15, 0.2) is 0 Å². The lowest BCUT2D eigenvalue weighted by atomic mass is 10.3. The molecular weight excluding hydrogens is 318 g/mol. The summed E-state index contributed by atoms with van der Waals surface area (Å²) in [5.74, 6) is -0.374. The van der Waals surface area contributed by atoms with Crippen LogP contribution in [-0.4, -0.2) is 17.1 Å². The standard InChI is InChI=1S/C12H12BrNO3S/c1-2-5-17-11(15)7-14-9-4-3-8(13)6-10(9)18-12(14)16/h3-4,6H,2,5,7H2,1H3. The monoisotopic (exact) mass is 329 g/mol. The van der Waals surface area contributed by atoms with E-state index in [1.165, 1.54) is 4.57 Å². The van der Waals surface area contributed by atoms with Crippen molar-refractivity contribution in [2.75, 3.05) is 6.61 Å². The van der Waals surface area contributed by atoms with E-state index < -0.39 is 0 Å². The largest absolute Gasteiger partial charge is 0.464 e. The molecule has 0 atom stereocenters. The van der Waals surface area contributed by atoms with Gasteiger partial charge in [-0.05, 0) is 24.6 Å². The second-order valence-corrected chi connectivity index (χ2v) is 5.70. The summed E-state index contributed by atoms with van der Waals surface area (Å²) in [6, 6.07) is 5.54. The van der Waals surface area contributed by atoms with Crippen LogP contribution in [0.25, 0.3) is 10.2 Å². The summed E-state index contributed by atoms with van der Waals surface area (Å²) in [6.45, 7) is 2.29. The van der Waals surface area contributed by atoms with Crippen molar-refractivity contribution in [1.82, 2.24) is 4.57 Å². The third-order valence-electron chi connectivity index (χ3n) is 2.38. The number of benzene rings is 1. The molecule has 2 rings (SSSR count). The molecule has 0 amide bonds. The zero-order chi connectivity index (χ0) is 13.1. The van der Waals surface area contributed by atoms with Gasteiger partial charge in [-0.2, -0.15) is 0 Å². The minimum absolute atomic E-state index is 0.0273. The van der Waals surface area contributed by atoms with E-state index in [9.17, 15) is 9.59 Å². The van der Waals surface area contributed by atoms with Crippen molar-refractivity contribution in [3.8, 4) is 0 Å². The van der Waals surface area contributed by atoms with Crippen LogP contribution >= 0.6 is 27.3 Å². The van der Waals surface area contributed by atoms with Gasteiger partial charge < -0.3 is 4.74 Å². The van der Waals surface area contributed by atoms with E-state index in [0.29, 0.717) is 6.61 Å². The molecule has 2 aromatic rings. The highest BCUT2D eigenvalue weighted by molar-refractivity contribution is 9.10. The molecule has 0 spiro atoms. The van der Waals surface area contributed by atoms with Crippen LogP contribution in [0.5, 0.6) is 0 Å².